The molecule has 0 bridgehead atoms. The normalized spacial score (nSPS) is 10.2. The predicted molar refractivity (Wildman–Crippen MR) is 74.5 cm³/mol. The molecule has 104 valence electrons. The maximum absolute atomic E-state index is 10.9. The molecule has 0 fully saturated rings. The summed E-state index contributed by atoms with van der Waals surface area (Å²) in [6, 6.07) is 3.87. The van der Waals surface area contributed by atoms with E-state index in [0.717, 1.165) is 0 Å². The highest BCUT2D eigenvalue weighted by atomic mass is 79.9. The Balaban J connectivity index is 2.39. The first kappa shape index (κ1) is 14.5. The Bertz CT molecular complexity index is 668. The van der Waals surface area contributed by atoms with Gasteiger partial charge in [0.1, 0.15) is 0 Å². The zero-order valence-corrected chi connectivity index (χ0v) is 12.4. The van der Waals surface area contributed by atoms with Gasteiger partial charge in [-0.1, -0.05) is 11.6 Å². The van der Waals surface area contributed by atoms with Crippen LogP contribution in [0.2, 0.25) is 5.02 Å². The van der Waals surface area contributed by atoms with Crippen LogP contribution < -0.4 is 9.47 Å². The van der Waals surface area contributed by atoms with E-state index in [1.54, 1.807) is 0 Å². The molecule has 0 N–H and O–H groups in total. The molecule has 20 heavy (non-hydrogen) atoms. The molecule has 0 aliphatic carbocycles. The standard InChI is InChI=1S/C11H7BrClN3O4/c1-19-10-7(12)5-14-11(15-10)20-9-4-6(13)2-3-8(9)16(17)18/h2-5H,1H3. The van der Waals surface area contributed by atoms with E-state index in [-0.39, 0.29) is 23.3 Å². The molecular formula is C11H7BrClN3O4. The van der Waals surface area contributed by atoms with Gasteiger partial charge in [0, 0.05) is 17.2 Å². The lowest BCUT2D eigenvalue weighted by atomic mass is 10.3. The molecule has 1 heterocycles. The van der Waals surface area contributed by atoms with Crippen molar-refractivity contribution in [3.05, 3.63) is 44.0 Å². The minimum Gasteiger partial charge on any atom is -0.480 e. The molecule has 1 aromatic heterocycles. The van der Waals surface area contributed by atoms with E-state index in [9.17, 15) is 10.1 Å². The quantitative estimate of drug-likeness (QED) is 0.611. The molecule has 0 amide bonds. The lowest BCUT2D eigenvalue weighted by Crippen LogP contribution is -1.98. The highest BCUT2D eigenvalue weighted by Crippen LogP contribution is 2.33. The lowest BCUT2D eigenvalue weighted by molar-refractivity contribution is -0.385. The van der Waals surface area contributed by atoms with Crippen molar-refractivity contribution in [2.24, 2.45) is 0 Å². The van der Waals surface area contributed by atoms with E-state index in [4.69, 9.17) is 21.1 Å². The molecule has 0 radical (unpaired) electrons. The summed E-state index contributed by atoms with van der Waals surface area (Å²) < 4.78 is 10.8. The van der Waals surface area contributed by atoms with Crippen LogP contribution in [0, 0.1) is 10.1 Å². The van der Waals surface area contributed by atoms with Gasteiger partial charge in [0.15, 0.2) is 0 Å². The van der Waals surface area contributed by atoms with Gasteiger partial charge in [-0.2, -0.15) is 4.98 Å². The van der Waals surface area contributed by atoms with Crippen molar-refractivity contribution in [3.8, 4) is 17.6 Å². The lowest BCUT2D eigenvalue weighted by Gasteiger charge is -2.07. The van der Waals surface area contributed by atoms with E-state index in [2.05, 4.69) is 25.9 Å². The third kappa shape index (κ3) is 3.14. The summed E-state index contributed by atoms with van der Waals surface area (Å²) in [5, 5.41) is 11.2. The molecule has 2 rings (SSSR count). The van der Waals surface area contributed by atoms with Crippen molar-refractivity contribution >= 4 is 33.2 Å². The molecule has 0 aliphatic rings. The zero-order valence-electron chi connectivity index (χ0n) is 10.0. The molecule has 0 saturated carbocycles. The fraction of sp³-hybridized carbons (Fsp3) is 0.0909. The van der Waals surface area contributed by atoms with Crippen LogP contribution in [0.15, 0.2) is 28.9 Å². The monoisotopic (exact) mass is 359 g/mol. The van der Waals surface area contributed by atoms with Gasteiger partial charge in [0.25, 0.3) is 0 Å². The highest BCUT2D eigenvalue weighted by Gasteiger charge is 2.18. The zero-order chi connectivity index (χ0) is 14.7. The van der Waals surface area contributed by atoms with Crippen LogP contribution in [0.4, 0.5) is 5.69 Å². The average molecular weight is 361 g/mol. The van der Waals surface area contributed by atoms with Gasteiger partial charge in [-0.25, -0.2) is 4.98 Å². The summed E-state index contributed by atoms with van der Waals surface area (Å²) >= 11 is 8.99. The van der Waals surface area contributed by atoms with Gasteiger partial charge in [0.2, 0.25) is 11.6 Å². The van der Waals surface area contributed by atoms with Crippen molar-refractivity contribution in [3.63, 3.8) is 0 Å². The van der Waals surface area contributed by atoms with Crippen LogP contribution in [0.25, 0.3) is 0 Å². The second kappa shape index (κ2) is 6.02. The van der Waals surface area contributed by atoms with Gasteiger partial charge in [0.05, 0.1) is 22.7 Å². The number of hydrogen-bond donors (Lipinski definition) is 0. The second-order valence-corrected chi connectivity index (χ2v) is 4.77. The van der Waals surface area contributed by atoms with Crippen molar-refractivity contribution < 1.29 is 14.4 Å². The third-order valence-corrected chi connectivity index (χ3v) is 2.98. The maximum atomic E-state index is 10.9. The van der Waals surface area contributed by atoms with Crippen LogP contribution in [0.3, 0.4) is 0 Å². The Hall–Kier alpha value is -1.93. The van der Waals surface area contributed by atoms with Gasteiger partial charge >= 0.3 is 11.7 Å². The number of nitro groups is 1. The van der Waals surface area contributed by atoms with Crippen molar-refractivity contribution in [1.29, 1.82) is 0 Å². The molecule has 9 heteroatoms. The van der Waals surface area contributed by atoms with E-state index in [1.807, 2.05) is 0 Å². The van der Waals surface area contributed by atoms with Crippen molar-refractivity contribution in [1.82, 2.24) is 9.97 Å². The minimum absolute atomic E-state index is 0.0492. The number of nitrogens with zero attached hydrogens (tertiary/aromatic N) is 3. The maximum Gasteiger partial charge on any atom is 0.325 e. The van der Waals surface area contributed by atoms with E-state index in [1.165, 1.54) is 31.5 Å². The Morgan fingerprint density at radius 1 is 1.45 bits per heavy atom. The second-order valence-electron chi connectivity index (χ2n) is 3.48. The molecule has 1 aromatic carbocycles. The number of hydrogen-bond acceptors (Lipinski definition) is 6. The summed E-state index contributed by atoms with van der Waals surface area (Å²) in [4.78, 5) is 18.2. The smallest absolute Gasteiger partial charge is 0.325 e. The number of aromatic nitrogens is 2. The first-order valence-electron chi connectivity index (χ1n) is 5.19. The summed E-state index contributed by atoms with van der Waals surface area (Å²) in [7, 11) is 1.43. The van der Waals surface area contributed by atoms with Gasteiger partial charge in [-0.05, 0) is 22.0 Å². The van der Waals surface area contributed by atoms with E-state index in [0.29, 0.717) is 9.50 Å². The van der Waals surface area contributed by atoms with Crippen molar-refractivity contribution in [2.75, 3.05) is 7.11 Å². The Morgan fingerprint density at radius 3 is 2.85 bits per heavy atom. The average Bonchev–Trinajstić information content (AvgIpc) is 2.40. The molecular weight excluding hydrogens is 353 g/mol. The third-order valence-electron chi connectivity index (χ3n) is 2.20. The number of benzene rings is 1. The Kier molecular flexibility index (Phi) is 4.35. The van der Waals surface area contributed by atoms with Crippen LogP contribution in [-0.4, -0.2) is 22.0 Å². The number of ether oxygens (including phenoxy) is 2. The van der Waals surface area contributed by atoms with Crippen LogP contribution in [-0.2, 0) is 0 Å². The van der Waals surface area contributed by atoms with Gasteiger partial charge < -0.3 is 9.47 Å². The topological polar surface area (TPSA) is 87.4 Å². The number of halogens is 2. The number of methoxy groups -OCH3 is 1. The van der Waals surface area contributed by atoms with E-state index >= 15 is 0 Å². The fourth-order valence-corrected chi connectivity index (χ4v) is 1.86. The summed E-state index contributed by atoms with van der Waals surface area (Å²) in [6.07, 6.45) is 1.41. The Morgan fingerprint density at radius 2 is 2.20 bits per heavy atom. The number of rotatable bonds is 4. The Labute approximate surface area is 126 Å². The molecule has 0 aliphatic heterocycles. The van der Waals surface area contributed by atoms with Crippen LogP contribution in [0.5, 0.6) is 17.6 Å². The molecule has 2 aromatic rings. The summed E-state index contributed by atoms with van der Waals surface area (Å²) in [5.41, 5.74) is -0.236. The molecule has 0 atom stereocenters. The molecule has 0 unspecified atom stereocenters. The summed E-state index contributed by atoms with van der Waals surface area (Å²) in [5.74, 6) is 0.201. The SMILES string of the molecule is COc1nc(Oc2cc(Cl)ccc2[N+](=O)[O-])ncc1Br. The molecule has 0 saturated heterocycles. The molecule has 0 spiro atoms. The first-order chi connectivity index (χ1) is 9.51. The summed E-state index contributed by atoms with van der Waals surface area (Å²) in [6.45, 7) is 0. The predicted octanol–water partition coefficient (Wildman–Crippen LogP) is 3.60. The number of nitro benzene ring substituents is 1. The fourth-order valence-electron chi connectivity index (χ4n) is 1.35. The highest BCUT2D eigenvalue weighted by molar-refractivity contribution is 9.10. The molecule has 7 nitrogen and oxygen atoms in total. The largest absolute Gasteiger partial charge is 0.480 e. The van der Waals surface area contributed by atoms with Crippen LogP contribution in [0.1, 0.15) is 0 Å². The first-order valence-corrected chi connectivity index (χ1v) is 6.36. The van der Waals surface area contributed by atoms with Gasteiger partial charge in [-0.3, -0.25) is 10.1 Å². The van der Waals surface area contributed by atoms with E-state index < -0.39 is 4.92 Å². The van der Waals surface area contributed by atoms with Gasteiger partial charge in [-0.15, -0.1) is 0 Å². The minimum atomic E-state index is -0.582. The van der Waals surface area contributed by atoms with Crippen LogP contribution >= 0.6 is 27.5 Å². The van der Waals surface area contributed by atoms with Crippen molar-refractivity contribution in [2.45, 2.75) is 0 Å².